The number of ether oxygens (including phenoxy) is 1. The molecule has 1 amide bonds. The number of nitrogens with one attached hydrogen (secondary N) is 1. The zero-order valence-electron chi connectivity index (χ0n) is 9.51. The Bertz CT molecular complexity index is 151. The minimum absolute atomic E-state index is 0.152. The summed E-state index contributed by atoms with van der Waals surface area (Å²) in [4.78, 5) is 13.1. The largest absolute Gasteiger partial charge is 0.385 e. The Morgan fingerprint density at radius 2 is 2.07 bits per heavy atom. The molecule has 0 unspecified atom stereocenters. The van der Waals surface area contributed by atoms with Gasteiger partial charge in [0.25, 0.3) is 0 Å². The molecule has 0 saturated heterocycles. The number of carbonyl (C=O) groups is 1. The van der Waals surface area contributed by atoms with Crippen LogP contribution in [0.4, 0.5) is 0 Å². The van der Waals surface area contributed by atoms with E-state index in [0.29, 0.717) is 6.54 Å². The number of hydrogen-bond acceptors (Lipinski definition) is 3. The lowest BCUT2D eigenvalue weighted by Gasteiger charge is -2.16. The first-order chi connectivity index (χ1) is 6.72. The van der Waals surface area contributed by atoms with E-state index in [1.54, 1.807) is 19.1 Å². The lowest BCUT2D eigenvalue weighted by molar-refractivity contribution is -0.128. The summed E-state index contributed by atoms with van der Waals surface area (Å²) in [5, 5.41) is 2.85. The average Bonchev–Trinajstić information content (AvgIpc) is 2.17. The van der Waals surface area contributed by atoms with Crippen LogP contribution in [0.25, 0.3) is 0 Å². The molecule has 14 heavy (non-hydrogen) atoms. The molecule has 0 rings (SSSR count). The van der Waals surface area contributed by atoms with Crippen LogP contribution in [-0.2, 0) is 9.53 Å². The van der Waals surface area contributed by atoms with E-state index in [2.05, 4.69) is 5.32 Å². The summed E-state index contributed by atoms with van der Waals surface area (Å²) in [6.45, 7) is 2.08. The maximum atomic E-state index is 11.3. The van der Waals surface area contributed by atoms with E-state index in [1.165, 1.54) is 0 Å². The molecular weight excluding hydrogens is 180 g/mol. The van der Waals surface area contributed by atoms with Gasteiger partial charge in [-0.1, -0.05) is 0 Å². The lowest BCUT2D eigenvalue weighted by atomic mass is 10.2. The maximum Gasteiger partial charge on any atom is 0.236 e. The molecule has 0 spiro atoms. The molecular formula is C10H22N2O2. The van der Waals surface area contributed by atoms with E-state index in [-0.39, 0.29) is 5.91 Å². The molecule has 0 saturated carbocycles. The maximum absolute atomic E-state index is 11.3. The third-order valence-corrected chi connectivity index (χ3v) is 2.10. The number of methoxy groups -OCH3 is 1. The van der Waals surface area contributed by atoms with Crippen molar-refractivity contribution in [1.82, 2.24) is 10.2 Å². The van der Waals surface area contributed by atoms with E-state index in [9.17, 15) is 4.79 Å². The highest BCUT2D eigenvalue weighted by molar-refractivity contribution is 5.77. The topological polar surface area (TPSA) is 41.6 Å². The van der Waals surface area contributed by atoms with Crippen molar-refractivity contribution in [3.63, 3.8) is 0 Å². The molecule has 0 aliphatic carbocycles. The zero-order chi connectivity index (χ0) is 10.8. The van der Waals surface area contributed by atoms with Crippen LogP contribution in [0.1, 0.15) is 19.3 Å². The number of unbranched alkanes of at least 4 members (excludes halogenated alkanes) is 2. The van der Waals surface area contributed by atoms with Crippen LogP contribution in [0.5, 0.6) is 0 Å². The highest BCUT2D eigenvalue weighted by atomic mass is 16.5. The van der Waals surface area contributed by atoms with Crippen LogP contribution in [0.15, 0.2) is 0 Å². The molecule has 0 bridgehead atoms. The van der Waals surface area contributed by atoms with Crippen LogP contribution in [0.2, 0.25) is 0 Å². The Morgan fingerprint density at radius 3 is 2.64 bits per heavy atom. The van der Waals surface area contributed by atoms with Gasteiger partial charge >= 0.3 is 0 Å². The average molecular weight is 202 g/mol. The van der Waals surface area contributed by atoms with Crippen LogP contribution < -0.4 is 5.32 Å². The third-order valence-electron chi connectivity index (χ3n) is 2.10. The lowest BCUT2D eigenvalue weighted by Crippen LogP contribution is -2.34. The molecule has 84 valence electrons. The number of amides is 1. The second kappa shape index (κ2) is 8.97. The summed E-state index contributed by atoms with van der Waals surface area (Å²) in [6.07, 6.45) is 3.24. The molecule has 0 heterocycles. The quantitative estimate of drug-likeness (QED) is 0.582. The fourth-order valence-electron chi connectivity index (χ4n) is 1.18. The number of hydrogen-bond donors (Lipinski definition) is 1. The van der Waals surface area contributed by atoms with Gasteiger partial charge in [0.1, 0.15) is 0 Å². The summed E-state index contributed by atoms with van der Waals surface area (Å²) in [7, 11) is 5.34. The van der Waals surface area contributed by atoms with Crippen molar-refractivity contribution in [2.24, 2.45) is 0 Å². The van der Waals surface area contributed by atoms with Crippen molar-refractivity contribution in [3.8, 4) is 0 Å². The molecule has 0 atom stereocenters. The standard InChI is InChI=1S/C10H22N2O2/c1-11-9-10(13)12(2)7-5-4-6-8-14-3/h11H,4-9H2,1-3H3. The molecule has 0 radical (unpaired) electrons. The Kier molecular flexibility index (Phi) is 8.57. The van der Waals surface area contributed by atoms with Gasteiger partial charge in [0, 0.05) is 27.3 Å². The zero-order valence-corrected chi connectivity index (χ0v) is 9.51. The van der Waals surface area contributed by atoms with Gasteiger partial charge in [-0.3, -0.25) is 4.79 Å². The first-order valence-electron chi connectivity index (χ1n) is 5.10. The van der Waals surface area contributed by atoms with Gasteiger partial charge in [0.2, 0.25) is 5.91 Å². The van der Waals surface area contributed by atoms with Crippen molar-refractivity contribution < 1.29 is 9.53 Å². The summed E-state index contributed by atoms with van der Waals surface area (Å²) >= 11 is 0. The Hall–Kier alpha value is -0.610. The van der Waals surface area contributed by atoms with Gasteiger partial charge in [0.15, 0.2) is 0 Å². The molecule has 4 heteroatoms. The Labute approximate surface area is 86.6 Å². The Morgan fingerprint density at radius 1 is 1.36 bits per heavy atom. The highest BCUT2D eigenvalue weighted by Gasteiger charge is 2.05. The minimum Gasteiger partial charge on any atom is -0.385 e. The first kappa shape index (κ1) is 13.4. The van der Waals surface area contributed by atoms with Crippen LogP contribution in [0, 0.1) is 0 Å². The molecule has 0 aliphatic rings. The van der Waals surface area contributed by atoms with E-state index in [1.807, 2.05) is 7.05 Å². The molecule has 0 aliphatic heterocycles. The normalized spacial score (nSPS) is 10.2. The third kappa shape index (κ3) is 6.86. The summed E-state index contributed by atoms with van der Waals surface area (Å²) < 4.78 is 4.94. The van der Waals surface area contributed by atoms with Gasteiger partial charge in [0.05, 0.1) is 6.54 Å². The second-order valence-electron chi connectivity index (χ2n) is 3.40. The number of likely N-dealkylation sites (N-methyl/N-ethyl adjacent to an activating group) is 2. The SMILES string of the molecule is CNCC(=O)N(C)CCCCCOC. The van der Waals surface area contributed by atoms with E-state index >= 15 is 0 Å². The molecule has 0 aromatic carbocycles. The predicted octanol–water partition coefficient (Wildman–Crippen LogP) is 0.481. The van der Waals surface area contributed by atoms with Crippen molar-refractivity contribution in [1.29, 1.82) is 0 Å². The number of carbonyl (C=O) groups excluding carboxylic acids is 1. The van der Waals surface area contributed by atoms with Crippen LogP contribution >= 0.6 is 0 Å². The van der Waals surface area contributed by atoms with Gasteiger partial charge in [-0.2, -0.15) is 0 Å². The monoisotopic (exact) mass is 202 g/mol. The highest BCUT2D eigenvalue weighted by Crippen LogP contribution is 1.97. The summed E-state index contributed by atoms with van der Waals surface area (Å²) in [5.41, 5.74) is 0. The summed E-state index contributed by atoms with van der Waals surface area (Å²) in [5.74, 6) is 0.152. The second-order valence-corrected chi connectivity index (χ2v) is 3.40. The minimum atomic E-state index is 0.152. The number of rotatable bonds is 8. The van der Waals surface area contributed by atoms with Gasteiger partial charge in [-0.05, 0) is 26.3 Å². The van der Waals surface area contributed by atoms with Gasteiger partial charge < -0.3 is 15.0 Å². The molecule has 0 aromatic heterocycles. The smallest absolute Gasteiger partial charge is 0.236 e. The van der Waals surface area contributed by atoms with Crippen molar-refractivity contribution >= 4 is 5.91 Å². The van der Waals surface area contributed by atoms with Crippen molar-refractivity contribution in [3.05, 3.63) is 0 Å². The molecule has 1 N–H and O–H groups in total. The van der Waals surface area contributed by atoms with Crippen molar-refractivity contribution in [2.75, 3.05) is 40.9 Å². The first-order valence-corrected chi connectivity index (χ1v) is 5.10. The van der Waals surface area contributed by atoms with E-state index in [0.717, 1.165) is 32.4 Å². The fraction of sp³-hybridized carbons (Fsp3) is 0.900. The van der Waals surface area contributed by atoms with Crippen molar-refractivity contribution in [2.45, 2.75) is 19.3 Å². The summed E-state index contributed by atoms with van der Waals surface area (Å²) in [6, 6.07) is 0. The van der Waals surface area contributed by atoms with Crippen LogP contribution in [-0.4, -0.2) is 51.7 Å². The fourth-order valence-corrected chi connectivity index (χ4v) is 1.18. The van der Waals surface area contributed by atoms with E-state index in [4.69, 9.17) is 4.74 Å². The molecule has 0 aromatic rings. The Balaban J connectivity index is 3.34. The van der Waals surface area contributed by atoms with Gasteiger partial charge in [-0.25, -0.2) is 0 Å². The van der Waals surface area contributed by atoms with E-state index < -0.39 is 0 Å². The van der Waals surface area contributed by atoms with Gasteiger partial charge in [-0.15, -0.1) is 0 Å². The molecule has 0 fully saturated rings. The predicted molar refractivity (Wildman–Crippen MR) is 57.3 cm³/mol. The molecule has 4 nitrogen and oxygen atoms in total. The van der Waals surface area contributed by atoms with Crippen LogP contribution in [0.3, 0.4) is 0 Å². The number of nitrogens with zero attached hydrogens (tertiary/aromatic N) is 1.